The fraction of sp³-hybridized carbons (Fsp3) is 0.333. The summed E-state index contributed by atoms with van der Waals surface area (Å²) < 4.78 is 2.55. The molecular formula is C9H10BrNO2. The first-order chi connectivity index (χ1) is 6.02. The Balaban J connectivity index is 2.89. The Morgan fingerprint density at radius 1 is 1.46 bits per heavy atom. The largest absolute Gasteiger partial charge is 0.336 e. The van der Waals surface area contributed by atoms with E-state index in [1.807, 2.05) is 0 Å². The third-order valence-corrected chi connectivity index (χ3v) is 2.55. The number of halogens is 1. The van der Waals surface area contributed by atoms with E-state index in [2.05, 4.69) is 15.9 Å². The second-order valence-corrected chi connectivity index (χ2v) is 3.71. The summed E-state index contributed by atoms with van der Waals surface area (Å²) in [4.78, 5) is 22.1. The smallest absolute Gasteiger partial charge is 0.186 e. The van der Waals surface area contributed by atoms with Gasteiger partial charge in [-0.1, -0.05) is 0 Å². The molecule has 0 aliphatic rings. The molecule has 0 unspecified atom stereocenters. The monoisotopic (exact) mass is 243 g/mol. The van der Waals surface area contributed by atoms with Crippen LogP contribution in [0.4, 0.5) is 0 Å². The van der Waals surface area contributed by atoms with Gasteiger partial charge in [-0.3, -0.25) is 9.59 Å². The van der Waals surface area contributed by atoms with E-state index in [1.54, 1.807) is 23.7 Å². The first-order valence-electron chi connectivity index (χ1n) is 3.86. The summed E-state index contributed by atoms with van der Waals surface area (Å²) in [6, 6.07) is 3.49. The molecule has 0 bridgehead atoms. The summed E-state index contributed by atoms with van der Waals surface area (Å²) in [5.41, 5.74) is 0.557. The molecule has 0 amide bonds. The van der Waals surface area contributed by atoms with Crippen LogP contribution in [0.1, 0.15) is 23.8 Å². The lowest BCUT2D eigenvalue weighted by Crippen LogP contribution is -2.09. The van der Waals surface area contributed by atoms with Crippen LogP contribution in [-0.4, -0.2) is 16.1 Å². The second kappa shape index (κ2) is 3.87. The van der Waals surface area contributed by atoms with Crippen molar-refractivity contribution in [3.63, 3.8) is 0 Å². The molecule has 3 nitrogen and oxygen atoms in total. The van der Waals surface area contributed by atoms with Crippen LogP contribution < -0.4 is 0 Å². The lowest BCUT2D eigenvalue weighted by molar-refractivity contribution is -0.116. The SMILES string of the molecule is CC(=O)CC(=O)c1ccc(Br)n1C. The van der Waals surface area contributed by atoms with Crippen molar-refractivity contribution in [1.82, 2.24) is 4.57 Å². The zero-order chi connectivity index (χ0) is 10.0. The van der Waals surface area contributed by atoms with Crippen molar-refractivity contribution in [3.05, 3.63) is 22.4 Å². The molecule has 0 radical (unpaired) electrons. The lowest BCUT2D eigenvalue weighted by atomic mass is 10.2. The van der Waals surface area contributed by atoms with E-state index in [-0.39, 0.29) is 18.0 Å². The summed E-state index contributed by atoms with van der Waals surface area (Å²) >= 11 is 3.28. The number of rotatable bonds is 3. The van der Waals surface area contributed by atoms with Crippen LogP contribution in [0.2, 0.25) is 0 Å². The van der Waals surface area contributed by atoms with Crippen molar-refractivity contribution in [2.45, 2.75) is 13.3 Å². The van der Waals surface area contributed by atoms with E-state index in [1.165, 1.54) is 6.92 Å². The Kier molecular flexibility index (Phi) is 3.03. The molecule has 0 spiro atoms. The van der Waals surface area contributed by atoms with Gasteiger partial charge in [-0.05, 0) is 35.0 Å². The summed E-state index contributed by atoms with van der Waals surface area (Å²) in [5.74, 6) is -0.247. The fourth-order valence-corrected chi connectivity index (χ4v) is 1.41. The van der Waals surface area contributed by atoms with Crippen molar-refractivity contribution < 1.29 is 9.59 Å². The minimum atomic E-state index is -0.138. The zero-order valence-electron chi connectivity index (χ0n) is 7.50. The van der Waals surface area contributed by atoms with E-state index in [9.17, 15) is 9.59 Å². The first-order valence-corrected chi connectivity index (χ1v) is 4.65. The number of carbonyl (C=O) groups is 2. The average Bonchev–Trinajstić information content (AvgIpc) is 2.31. The summed E-state index contributed by atoms with van der Waals surface area (Å²) in [5, 5.41) is 0. The van der Waals surface area contributed by atoms with Crippen LogP contribution in [0.5, 0.6) is 0 Å². The highest BCUT2D eigenvalue weighted by Crippen LogP contribution is 2.14. The Hall–Kier alpha value is -0.900. The molecule has 1 aromatic rings. The topological polar surface area (TPSA) is 39.1 Å². The summed E-state index contributed by atoms with van der Waals surface area (Å²) in [6.45, 7) is 1.41. The number of nitrogens with zero attached hydrogens (tertiary/aromatic N) is 1. The number of hydrogen-bond acceptors (Lipinski definition) is 2. The molecule has 13 heavy (non-hydrogen) atoms. The second-order valence-electron chi connectivity index (χ2n) is 2.90. The number of aromatic nitrogens is 1. The van der Waals surface area contributed by atoms with Gasteiger partial charge < -0.3 is 4.57 Å². The van der Waals surface area contributed by atoms with Crippen LogP contribution in [0.15, 0.2) is 16.7 Å². The van der Waals surface area contributed by atoms with Crippen molar-refractivity contribution in [2.75, 3.05) is 0 Å². The summed E-state index contributed by atoms with van der Waals surface area (Å²) in [6.07, 6.45) is -0.0235. The molecule has 0 aliphatic heterocycles. The number of hydrogen-bond donors (Lipinski definition) is 0. The molecule has 0 N–H and O–H groups in total. The Morgan fingerprint density at radius 2 is 2.08 bits per heavy atom. The molecule has 0 aromatic carbocycles. The molecule has 1 heterocycles. The summed E-state index contributed by atoms with van der Waals surface area (Å²) in [7, 11) is 1.78. The van der Waals surface area contributed by atoms with Gasteiger partial charge in [-0.2, -0.15) is 0 Å². The van der Waals surface area contributed by atoms with Gasteiger partial charge in [-0.25, -0.2) is 0 Å². The maximum Gasteiger partial charge on any atom is 0.186 e. The van der Waals surface area contributed by atoms with Gasteiger partial charge in [0.05, 0.1) is 16.7 Å². The van der Waals surface area contributed by atoms with Gasteiger partial charge in [0, 0.05) is 7.05 Å². The highest BCUT2D eigenvalue weighted by Gasteiger charge is 2.12. The van der Waals surface area contributed by atoms with Crippen molar-refractivity contribution in [1.29, 1.82) is 0 Å². The van der Waals surface area contributed by atoms with Gasteiger partial charge in [0.1, 0.15) is 5.78 Å². The molecule has 0 saturated carbocycles. The number of ketones is 2. The third kappa shape index (κ3) is 2.28. The van der Waals surface area contributed by atoms with Crippen molar-refractivity contribution in [3.8, 4) is 0 Å². The maximum absolute atomic E-state index is 11.4. The fourth-order valence-electron chi connectivity index (χ4n) is 1.08. The first kappa shape index (κ1) is 10.2. The average molecular weight is 244 g/mol. The quantitative estimate of drug-likeness (QED) is 0.602. The Bertz CT molecular complexity index is 354. The molecule has 0 aliphatic carbocycles. The minimum Gasteiger partial charge on any atom is -0.336 e. The maximum atomic E-state index is 11.4. The van der Waals surface area contributed by atoms with Gasteiger partial charge in [0.25, 0.3) is 0 Å². The van der Waals surface area contributed by atoms with Gasteiger partial charge in [-0.15, -0.1) is 0 Å². The highest BCUT2D eigenvalue weighted by atomic mass is 79.9. The molecule has 70 valence electrons. The third-order valence-electron chi connectivity index (χ3n) is 1.76. The lowest BCUT2D eigenvalue weighted by Gasteiger charge is -2.01. The number of carbonyl (C=O) groups excluding carboxylic acids is 2. The Labute approximate surface area is 84.9 Å². The van der Waals surface area contributed by atoms with Crippen molar-refractivity contribution >= 4 is 27.5 Å². The molecule has 0 fully saturated rings. The zero-order valence-corrected chi connectivity index (χ0v) is 9.09. The molecule has 1 aromatic heterocycles. The highest BCUT2D eigenvalue weighted by molar-refractivity contribution is 9.10. The van der Waals surface area contributed by atoms with Crippen LogP contribution in [0, 0.1) is 0 Å². The van der Waals surface area contributed by atoms with E-state index in [0.717, 1.165) is 4.60 Å². The van der Waals surface area contributed by atoms with Gasteiger partial charge in [0.2, 0.25) is 0 Å². The molecule has 0 saturated heterocycles. The van der Waals surface area contributed by atoms with Crippen LogP contribution in [-0.2, 0) is 11.8 Å². The standard InChI is InChI=1S/C9H10BrNO2/c1-6(12)5-8(13)7-3-4-9(10)11(7)2/h3-4H,5H2,1-2H3. The van der Waals surface area contributed by atoms with Crippen LogP contribution >= 0.6 is 15.9 Å². The molecule has 0 atom stereocenters. The molecule has 1 rings (SSSR count). The van der Waals surface area contributed by atoms with Gasteiger partial charge >= 0.3 is 0 Å². The van der Waals surface area contributed by atoms with Crippen LogP contribution in [0.3, 0.4) is 0 Å². The van der Waals surface area contributed by atoms with E-state index >= 15 is 0 Å². The van der Waals surface area contributed by atoms with E-state index in [4.69, 9.17) is 0 Å². The van der Waals surface area contributed by atoms with E-state index in [0.29, 0.717) is 5.69 Å². The predicted octanol–water partition coefficient (Wildman–Crippen LogP) is 1.95. The predicted molar refractivity (Wildman–Crippen MR) is 52.7 cm³/mol. The normalized spacial score (nSPS) is 10.1. The molecular weight excluding hydrogens is 234 g/mol. The van der Waals surface area contributed by atoms with Crippen LogP contribution in [0.25, 0.3) is 0 Å². The minimum absolute atomic E-state index is 0.0235. The molecule has 4 heteroatoms. The van der Waals surface area contributed by atoms with Crippen molar-refractivity contribution in [2.24, 2.45) is 7.05 Å². The Morgan fingerprint density at radius 3 is 2.46 bits per heavy atom. The number of Topliss-reactive ketones (excluding diaryl/α,β-unsaturated/α-hetero) is 2. The van der Waals surface area contributed by atoms with Gasteiger partial charge in [0.15, 0.2) is 5.78 Å². The van der Waals surface area contributed by atoms with E-state index < -0.39 is 0 Å².